The van der Waals surface area contributed by atoms with Crippen LogP contribution in [0.5, 0.6) is 0 Å². The summed E-state index contributed by atoms with van der Waals surface area (Å²) in [6.07, 6.45) is -1.64. The van der Waals surface area contributed by atoms with Crippen LogP contribution in [0.25, 0.3) is 0 Å². The number of hydrogen-bond donors (Lipinski definition) is 0. The minimum absolute atomic E-state index is 0.872. The Balaban J connectivity index is 4.88. The molecule has 0 aromatic heterocycles. The van der Waals surface area contributed by atoms with Gasteiger partial charge in [0.05, 0.1) is 11.8 Å². The van der Waals surface area contributed by atoms with Crippen LogP contribution in [0.2, 0.25) is 0 Å². The fraction of sp³-hybridized carbons (Fsp3) is 0.889. The van der Waals surface area contributed by atoms with Crippen LogP contribution >= 0.6 is 23.2 Å². The molecule has 2 unspecified atom stereocenters. The molecule has 0 aliphatic rings. The molecule has 0 fully saturated rings. The van der Waals surface area contributed by atoms with Gasteiger partial charge in [0.1, 0.15) is 26.4 Å². The van der Waals surface area contributed by atoms with E-state index in [0.717, 1.165) is 0 Å². The number of alkyl halides is 2. The van der Waals surface area contributed by atoms with Gasteiger partial charge in [0.25, 0.3) is 20.3 Å². The normalized spacial score (nSPS) is 12.4. The Morgan fingerprint density at radius 2 is 0.867 bits per heavy atom. The second-order valence-corrected chi connectivity index (χ2v) is 5.65. The van der Waals surface area contributed by atoms with Gasteiger partial charge >= 0.3 is 6.16 Å². The number of halogens is 2. The summed E-state index contributed by atoms with van der Waals surface area (Å²) in [4.78, 5) is 68.5. The Kier molecular flexibility index (Phi) is 12.2. The van der Waals surface area contributed by atoms with E-state index in [9.17, 15) is 45.3 Å². The fourth-order valence-electron chi connectivity index (χ4n) is 1.43. The van der Waals surface area contributed by atoms with Gasteiger partial charge in [-0.15, -0.1) is 40.5 Å². The smallest absolute Gasteiger partial charge is 0.414 e. The van der Waals surface area contributed by atoms with Crippen molar-refractivity contribution in [2.45, 2.75) is 11.1 Å². The molecule has 172 valence electrons. The second-order valence-electron chi connectivity index (χ2n) is 4.79. The van der Waals surface area contributed by atoms with Crippen molar-refractivity contribution in [3.63, 3.8) is 0 Å². The van der Waals surface area contributed by atoms with Crippen LogP contribution in [0.1, 0.15) is 0 Å². The highest BCUT2D eigenvalue weighted by Gasteiger charge is 2.30. The van der Waals surface area contributed by atoms with E-state index in [-0.39, 0.29) is 0 Å². The Labute approximate surface area is 174 Å². The van der Waals surface area contributed by atoms with Gasteiger partial charge in [-0.25, -0.2) is 4.79 Å². The third kappa shape index (κ3) is 12.9. The molecule has 30 heavy (non-hydrogen) atoms. The van der Waals surface area contributed by atoms with Crippen LogP contribution in [-0.2, 0) is 28.8 Å². The maximum absolute atomic E-state index is 11.7. The standard InChI is InChI=1S/C9H12Cl2N4O15/c10-7(5(1-25-12(17)18)2-26-13(19)20)29-9(16)30-8(11)6(3-27-14(21)22)4-28-15(23)24/h5-8H,1-4H2. The molecular weight excluding hydrogens is 475 g/mol. The van der Waals surface area contributed by atoms with E-state index in [0.29, 0.717) is 0 Å². The van der Waals surface area contributed by atoms with Crippen molar-refractivity contribution in [3.8, 4) is 0 Å². The fourth-order valence-corrected chi connectivity index (χ4v) is 1.87. The maximum Gasteiger partial charge on any atom is 0.511 e. The number of carbonyl (C=O) groups is 1. The molecule has 0 aliphatic heterocycles. The number of nitrogens with zero attached hydrogens (tertiary/aromatic N) is 4. The molecule has 0 spiro atoms. The van der Waals surface area contributed by atoms with Crippen LogP contribution in [0.15, 0.2) is 0 Å². The van der Waals surface area contributed by atoms with Crippen molar-refractivity contribution in [2.75, 3.05) is 26.4 Å². The third-order valence-corrected chi connectivity index (χ3v) is 3.63. The van der Waals surface area contributed by atoms with Gasteiger partial charge in [0.2, 0.25) is 0 Å². The zero-order valence-corrected chi connectivity index (χ0v) is 15.8. The summed E-state index contributed by atoms with van der Waals surface area (Å²) in [6, 6.07) is 0. The number of hydrogen-bond acceptors (Lipinski definition) is 15. The maximum atomic E-state index is 11.7. The third-order valence-electron chi connectivity index (χ3n) is 2.73. The van der Waals surface area contributed by atoms with E-state index < -0.39 is 75.9 Å². The Bertz CT molecular complexity index is 537. The summed E-state index contributed by atoms with van der Waals surface area (Å²) in [7, 11) is 0. The number of ether oxygens (including phenoxy) is 2. The summed E-state index contributed by atoms with van der Waals surface area (Å²) in [6.45, 7) is -3.49. The average molecular weight is 487 g/mol. The lowest BCUT2D eigenvalue weighted by Crippen LogP contribution is -2.34. The summed E-state index contributed by atoms with van der Waals surface area (Å²) in [5.74, 6) is -2.84. The molecule has 0 saturated heterocycles. The highest BCUT2D eigenvalue weighted by atomic mass is 35.5. The molecule has 0 aliphatic carbocycles. The highest BCUT2D eigenvalue weighted by Crippen LogP contribution is 2.19. The molecule has 2 atom stereocenters. The summed E-state index contributed by atoms with van der Waals surface area (Å²) >= 11 is 11.4. The zero-order valence-electron chi connectivity index (χ0n) is 14.3. The minimum atomic E-state index is -1.82. The molecule has 0 N–H and O–H groups in total. The van der Waals surface area contributed by atoms with Gasteiger partial charge in [-0.05, 0) is 0 Å². The topological polar surface area (TPSA) is 245 Å². The van der Waals surface area contributed by atoms with Crippen molar-refractivity contribution in [2.24, 2.45) is 11.8 Å². The molecule has 0 saturated carbocycles. The monoisotopic (exact) mass is 486 g/mol. The molecule has 0 aromatic carbocycles. The molecule has 0 radical (unpaired) electrons. The number of rotatable bonds is 16. The summed E-state index contributed by atoms with van der Waals surface area (Å²) in [5.41, 5.74) is -3.63. The molecule has 0 amide bonds. The minimum Gasteiger partial charge on any atom is -0.414 e. The quantitative estimate of drug-likeness (QED) is 0.123. The van der Waals surface area contributed by atoms with Gasteiger partial charge in [-0.2, -0.15) is 0 Å². The molecule has 0 bridgehead atoms. The lowest BCUT2D eigenvalue weighted by atomic mass is 10.2. The predicted octanol–water partition coefficient (Wildman–Crippen LogP) is 0.335. The lowest BCUT2D eigenvalue weighted by molar-refractivity contribution is -0.769. The van der Waals surface area contributed by atoms with E-state index in [4.69, 9.17) is 23.2 Å². The van der Waals surface area contributed by atoms with Crippen molar-refractivity contribution in [3.05, 3.63) is 40.5 Å². The first-order valence-corrected chi connectivity index (χ1v) is 8.04. The van der Waals surface area contributed by atoms with Crippen LogP contribution in [0.4, 0.5) is 4.79 Å². The first kappa shape index (κ1) is 26.6. The van der Waals surface area contributed by atoms with Crippen LogP contribution in [0, 0.1) is 52.3 Å². The molecule has 0 aromatic rings. The van der Waals surface area contributed by atoms with Crippen molar-refractivity contribution in [1.29, 1.82) is 0 Å². The Morgan fingerprint density at radius 1 is 0.633 bits per heavy atom. The van der Waals surface area contributed by atoms with Crippen LogP contribution < -0.4 is 0 Å². The first-order valence-electron chi connectivity index (χ1n) is 7.17. The zero-order chi connectivity index (χ0) is 23.3. The largest absolute Gasteiger partial charge is 0.511 e. The van der Waals surface area contributed by atoms with E-state index >= 15 is 0 Å². The summed E-state index contributed by atoms with van der Waals surface area (Å²) in [5, 5.41) is 35.9. The molecule has 0 heterocycles. The van der Waals surface area contributed by atoms with Gasteiger partial charge in [0.15, 0.2) is 11.1 Å². The Morgan fingerprint density at radius 3 is 1.07 bits per heavy atom. The predicted molar refractivity (Wildman–Crippen MR) is 85.6 cm³/mol. The average Bonchev–Trinajstić information content (AvgIpc) is 2.60. The van der Waals surface area contributed by atoms with Crippen molar-refractivity contribution < 1.29 is 54.0 Å². The number of carbonyl (C=O) groups excluding carboxylic acids is 1. The Hall–Kier alpha value is -3.35. The van der Waals surface area contributed by atoms with E-state index in [1.165, 1.54) is 0 Å². The van der Waals surface area contributed by atoms with Gasteiger partial charge < -0.3 is 28.8 Å². The van der Waals surface area contributed by atoms with Gasteiger partial charge in [0, 0.05) is 0 Å². The first-order chi connectivity index (χ1) is 13.9. The van der Waals surface area contributed by atoms with Gasteiger partial charge in [-0.1, -0.05) is 23.2 Å². The van der Waals surface area contributed by atoms with E-state index in [1.54, 1.807) is 0 Å². The van der Waals surface area contributed by atoms with Crippen molar-refractivity contribution >= 4 is 29.4 Å². The molecular formula is C9H12Cl2N4O15. The van der Waals surface area contributed by atoms with Crippen LogP contribution in [-0.4, -0.2) is 64.1 Å². The van der Waals surface area contributed by atoms with Crippen molar-refractivity contribution in [1.82, 2.24) is 0 Å². The molecule has 19 nitrogen and oxygen atoms in total. The SMILES string of the molecule is O=C(OC(Cl)C(CO[N+](=O)[O-])CO[N+](=O)[O-])OC(Cl)C(CO[N+](=O)[O-])CO[N+](=O)[O-]. The van der Waals surface area contributed by atoms with Crippen LogP contribution in [0.3, 0.4) is 0 Å². The second kappa shape index (κ2) is 13.8. The van der Waals surface area contributed by atoms with E-state index in [1.807, 2.05) is 0 Å². The molecule has 0 rings (SSSR count). The van der Waals surface area contributed by atoms with Gasteiger partial charge in [-0.3, -0.25) is 0 Å². The van der Waals surface area contributed by atoms with E-state index in [2.05, 4.69) is 28.8 Å². The molecule has 21 heteroatoms. The summed E-state index contributed by atoms with van der Waals surface area (Å²) < 4.78 is 9.03. The highest BCUT2D eigenvalue weighted by molar-refractivity contribution is 6.21. The lowest BCUT2D eigenvalue weighted by Gasteiger charge is -2.23.